The lowest BCUT2D eigenvalue weighted by molar-refractivity contribution is -0.131. The van der Waals surface area contributed by atoms with E-state index in [9.17, 15) is 14.4 Å². The van der Waals surface area contributed by atoms with E-state index in [4.69, 9.17) is 16.3 Å². The second-order valence-electron chi connectivity index (χ2n) is 4.59. The summed E-state index contributed by atoms with van der Waals surface area (Å²) in [5, 5.41) is 3.13. The van der Waals surface area contributed by atoms with Gasteiger partial charge >= 0.3 is 0 Å². The first-order chi connectivity index (χ1) is 9.92. The highest BCUT2D eigenvalue weighted by Gasteiger charge is 2.34. The summed E-state index contributed by atoms with van der Waals surface area (Å²) in [4.78, 5) is 34.7. The predicted octanol–water partition coefficient (Wildman–Crippen LogP) is 0.763. The van der Waals surface area contributed by atoms with Crippen LogP contribution in [0, 0.1) is 12.8 Å². The van der Waals surface area contributed by atoms with E-state index in [-0.39, 0.29) is 6.42 Å². The van der Waals surface area contributed by atoms with Gasteiger partial charge in [0.2, 0.25) is 5.91 Å². The summed E-state index contributed by atoms with van der Waals surface area (Å²) in [5.41, 5.74) is 5.54. The van der Waals surface area contributed by atoms with Gasteiger partial charge in [-0.3, -0.25) is 25.2 Å². The van der Waals surface area contributed by atoms with Crippen molar-refractivity contribution in [3.05, 3.63) is 22.7 Å². The van der Waals surface area contributed by atoms with Gasteiger partial charge in [0.25, 0.3) is 11.8 Å². The normalized spacial score (nSPS) is 14.6. The summed E-state index contributed by atoms with van der Waals surface area (Å²) in [6, 6.07) is 3.25. The number of halogens is 1. The van der Waals surface area contributed by atoms with Crippen LogP contribution in [-0.4, -0.2) is 24.8 Å². The van der Waals surface area contributed by atoms with Crippen LogP contribution in [0.4, 0.5) is 5.69 Å². The molecule has 0 spiro atoms. The van der Waals surface area contributed by atoms with E-state index in [1.807, 2.05) is 0 Å². The maximum atomic E-state index is 12.0. The van der Waals surface area contributed by atoms with Crippen LogP contribution >= 0.6 is 11.6 Å². The number of anilines is 1. The summed E-state index contributed by atoms with van der Waals surface area (Å²) >= 11 is 5.98. The van der Waals surface area contributed by atoms with E-state index < -0.39 is 23.6 Å². The zero-order valence-corrected chi connectivity index (χ0v) is 12.2. The molecule has 0 radical (unpaired) electrons. The van der Waals surface area contributed by atoms with Gasteiger partial charge < -0.3 is 10.1 Å². The Bertz CT molecular complexity index is 602. The minimum Gasteiger partial charge on any atom is -0.495 e. The minimum absolute atomic E-state index is 0.248. The molecule has 1 heterocycles. The van der Waals surface area contributed by atoms with E-state index >= 15 is 0 Å². The summed E-state index contributed by atoms with van der Waals surface area (Å²) in [6.07, 6.45) is -0.248. The van der Waals surface area contributed by atoms with Gasteiger partial charge in [0, 0.05) is 17.5 Å². The quantitative estimate of drug-likeness (QED) is 0.715. The number of carbonyl (C=O) groups is 3. The molecule has 0 atom stereocenters. The molecule has 3 N–H and O–H groups in total. The third-order valence-corrected chi connectivity index (χ3v) is 3.49. The predicted molar refractivity (Wildman–Crippen MR) is 75.8 cm³/mol. The van der Waals surface area contributed by atoms with Gasteiger partial charge in [0.15, 0.2) is 0 Å². The molecule has 0 saturated carbocycles. The zero-order valence-electron chi connectivity index (χ0n) is 11.5. The summed E-state index contributed by atoms with van der Waals surface area (Å²) in [5.74, 6) is -2.13. The lowest BCUT2D eigenvalue weighted by Gasteiger charge is -2.12. The maximum absolute atomic E-state index is 12.0. The molecule has 2 rings (SSSR count). The highest BCUT2D eigenvalue weighted by atomic mass is 35.5. The fourth-order valence-electron chi connectivity index (χ4n) is 1.92. The van der Waals surface area contributed by atoms with Crippen molar-refractivity contribution in [2.24, 2.45) is 5.92 Å². The number of aryl methyl sites for hydroxylation is 1. The fourth-order valence-corrected chi connectivity index (χ4v) is 2.07. The van der Waals surface area contributed by atoms with Crippen molar-refractivity contribution >= 4 is 35.0 Å². The summed E-state index contributed by atoms with van der Waals surface area (Å²) in [7, 11) is 1.45. The molecule has 1 fully saturated rings. The molecule has 112 valence electrons. The van der Waals surface area contributed by atoms with Gasteiger partial charge in [-0.25, -0.2) is 0 Å². The Kier molecular flexibility index (Phi) is 4.32. The Morgan fingerprint density at radius 2 is 1.95 bits per heavy atom. The average Bonchev–Trinajstić information content (AvgIpc) is 2.74. The number of rotatable bonds is 4. The Labute approximate surface area is 126 Å². The zero-order chi connectivity index (χ0) is 15.6. The first-order valence-electron chi connectivity index (χ1n) is 6.16. The first-order valence-corrected chi connectivity index (χ1v) is 6.54. The number of hydrogen-bond donors (Lipinski definition) is 3. The topological polar surface area (TPSA) is 96.5 Å². The molecule has 0 aromatic heterocycles. The fraction of sp³-hybridized carbons (Fsp3) is 0.308. The van der Waals surface area contributed by atoms with Crippen molar-refractivity contribution in [1.29, 1.82) is 0 Å². The minimum atomic E-state index is -1.02. The number of carbonyl (C=O) groups excluding carboxylic acids is 3. The number of nitrogens with one attached hydrogen (secondary N) is 3. The molecular weight excluding hydrogens is 298 g/mol. The van der Waals surface area contributed by atoms with Crippen LogP contribution in [0.25, 0.3) is 0 Å². The van der Waals surface area contributed by atoms with Crippen LogP contribution in [-0.2, 0) is 14.4 Å². The second kappa shape index (κ2) is 6.01. The van der Waals surface area contributed by atoms with Crippen molar-refractivity contribution < 1.29 is 19.1 Å². The SMILES string of the molecule is COc1cc(Cl)c(C)cc1NC(=O)CC1C(=O)NNC1=O. The van der Waals surface area contributed by atoms with Gasteiger partial charge in [0.1, 0.15) is 11.7 Å². The molecule has 3 amide bonds. The number of methoxy groups -OCH3 is 1. The second-order valence-corrected chi connectivity index (χ2v) is 4.99. The summed E-state index contributed by atoms with van der Waals surface area (Å²) < 4.78 is 5.14. The number of benzene rings is 1. The van der Waals surface area contributed by atoms with Crippen molar-refractivity contribution in [1.82, 2.24) is 10.9 Å². The molecule has 0 unspecified atom stereocenters. The van der Waals surface area contributed by atoms with Crippen molar-refractivity contribution in [2.45, 2.75) is 13.3 Å². The molecule has 8 heteroatoms. The van der Waals surface area contributed by atoms with E-state index in [0.29, 0.717) is 16.5 Å². The molecule has 7 nitrogen and oxygen atoms in total. The Morgan fingerprint density at radius 1 is 1.33 bits per heavy atom. The van der Waals surface area contributed by atoms with Gasteiger partial charge in [-0.1, -0.05) is 11.6 Å². The third-order valence-electron chi connectivity index (χ3n) is 3.09. The number of amides is 3. The van der Waals surface area contributed by atoms with Crippen LogP contribution < -0.4 is 20.9 Å². The van der Waals surface area contributed by atoms with Crippen molar-refractivity contribution in [2.75, 3.05) is 12.4 Å². The van der Waals surface area contributed by atoms with Crippen molar-refractivity contribution in [3.8, 4) is 5.75 Å². The molecule has 1 aliphatic rings. The molecule has 1 aromatic carbocycles. The highest BCUT2D eigenvalue weighted by molar-refractivity contribution is 6.31. The molecule has 0 bridgehead atoms. The van der Waals surface area contributed by atoms with Crippen LogP contribution in [0.1, 0.15) is 12.0 Å². The molecule has 21 heavy (non-hydrogen) atoms. The Morgan fingerprint density at radius 3 is 2.52 bits per heavy atom. The standard InChI is InChI=1S/C13H14ClN3O4/c1-6-3-9(10(21-2)5-8(6)14)15-11(18)4-7-12(19)16-17-13(7)20/h3,5,7H,4H2,1-2H3,(H,15,18)(H,16,19)(H,17,20). The van der Waals surface area contributed by atoms with Crippen LogP contribution in [0.2, 0.25) is 5.02 Å². The largest absolute Gasteiger partial charge is 0.495 e. The maximum Gasteiger partial charge on any atom is 0.251 e. The van der Waals surface area contributed by atoms with Gasteiger partial charge in [0.05, 0.1) is 12.8 Å². The van der Waals surface area contributed by atoms with Gasteiger partial charge in [-0.05, 0) is 18.6 Å². The number of ether oxygens (including phenoxy) is 1. The highest BCUT2D eigenvalue weighted by Crippen LogP contribution is 2.31. The molecule has 1 aromatic rings. The smallest absolute Gasteiger partial charge is 0.251 e. The number of hydrogen-bond acceptors (Lipinski definition) is 4. The van der Waals surface area contributed by atoms with Crippen molar-refractivity contribution in [3.63, 3.8) is 0 Å². The molecule has 1 saturated heterocycles. The average molecular weight is 312 g/mol. The van der Waals surface area contributed by atoms with Crippen LogP contribution in [0.3, 0.4) is 0 Å². The van der Waals surface area contributed by atoms with E-state index in [1.165, 1.54) is 7.11 Å². The monoisotopic (exact) mass is 311 g/mol. The van der Waals surface area contributed by atoms with Gasteiger partial charge in [-0.15, -0.1) is 0 Å². The van der Waals surface area contributed by atoms with Gasteiger partial charge in [-0.2, -0.15) is 0 Å². The molecule has 1 aliphatic heterocycles. The molecule has 0 aliphatic carbocycles. The van der Waals surface area contributed by atoms with E-state index in [1.54, 1.807) is 19.1 Å². The van der Waals surface area contributed by atoms with Crippen LogP contribution in [0.15, 0.2) is 12.1 Å². The van der Waals surface area contributed by atoms with Crippen LogP contribution in [0.5, 0.6) is 5.75 Å². The first kappa shape index (κ1) is 15.1. The summed E-state index contributed by atoms with van der Waals surface area (Å²) in [6.45, 7) is 1.79. The number of hydrazine groups is 1. The van der Waals surface area contributed by atoms with E-state index in [0.717, 1.165) is 5.56 Å². The lowest BCUT2D eigenvalue weighted by atomic mass is 10.1. The Hall–Kier alpha value is -2.28. The van der Waals surface area contributed by atoms with E-state index in [2.05, 4.69) is 16.2 Å². The third kappa shape index (κ3) is 3.25. The molecular formula is C13H14ClN3O4. The Balaban J connectivity index is 2.11. The lowest BCUT2D eigenvalue weighted by Crippen LogP contribution is -2.28.